The summed E-state index contributed by atoms with van der Waals surface area (Å²) >= 11 is 0. The normalized spacial score (nSPS) is 11.9. The number of carbonyl (C=O) groups excluding carboxylic acids is 2. The molecule has 1 aliphatic heterocycles. The van der Waals surface area contributed by atoms with E-state index < -0.39 is 11.4 Å². The number of hydrogen-bond donors (Lipinski definition) is 1. The third-order valence-corrected chi connectivity index (χ3v) is 9.54. The van der Waals surface area contributed by atoms with Gasteiger partial charge in [-0.15, -0.1) is 0 Å². The molecule has 0 unspecified atom stereocenters. The van der Waals surface area contributed by atoms with Crippen molar-refractivity contribution in [3.63, 3.8) is 0 Å². The van der Waals surface area contributed by atoms with Gasteiger partial charge in [0, 0.05) is 40.0 Å². The molecule has 2 aliphatic rings. The zero-order chi connectivity index (χ0) is 36.3. The van der Waals surface area contributed by atoms with Gasteiger partial charge < -0.3 is 19.2 Å². The monoisotopic (exact) mass is 680 g/mol. The summed E-state index contributed by atoms with van der Waals surface area (Å²) < 4.78 is 17.7. The van der Waals surface area contributed by atoms with Crippen LogP contribution in [-0.2, 0) is 14.3 Å². The van der Waals surface area contributed by atoms with Gasteiger partial charge in [-0.1, -0.05) is 61.5 Å². The van der Waals surface area contributed by atoms with E-state index in [0.717, 1.165) is 61.2 Å². The first-order chi connectivity index (χ1) is 24.5. The second kappa shape index (κ2) is 14.7. The van der Waals surface area contributed by atoms with Crippen LogP contribution in [0.5, 0.6) is 0 Å². The van der Waals surface area contributed by atoms with Gasteiger partial charge >= 0.3 is 11.9 Å². The molecule has 0 amide bonds. The predicted molar refractivity (Wildman–Crippen MR) is 204 cm³/mol. The minimum atomic E-state index is -0.600. The van der Waals surface area contributed by atoms with Crippen molar-refractivity contribution in [1.29, 1.82) is 0 Å². The Bertz CT molecular complexity index is 2260. The molecule has 0 radical (unpaired) electrons. The van der Waals surface area contributed by atoms with E-state index in [4.69, 9.17) is 18.9 Å². The molecule has 51 heavy (non-hydrogen) atoms. The van der Waals surface area contributed by atoms with Crippen molar-refractivity contribution < 1.29 is 23.5 Å². The molecule has 0 saturated carbocycles. The lowest BCUT2D eigenvalue weighted by atomic mass is 9.90. The molecule has 0 aromatic heterocycles. The Balaban J connectivity index is 1.45. The van der Waals surface area contributed by atoms with Crippen LogP contribution in [-0.4, -0.2) is 25.2 Å². The summed E-state index contributed by atoms with van der Waals surface area (Å²) in [5.74, 6) is -0.196. The van der Waals surface area contributed by atoms with E-state index in [1.807, 2.05) is 87.5 Å². The molecule has 0 saturated heterocycles. The minimum absolute atomic E-state index is 0.0188. The molecule has 7 nitrogen and oxygen atoms in total. The highest BCUT2D eigenvalue weighted by molar-refractivity contribution is 6.08. The topological polar surface area (TPSA) is 90.1 Å². The highest BCUT2D eigenvalue weighted by Gasteiger charge is 2.27. The second-order valence-corrected chi connectivity index (χ2v) is 13.7. The SMILES string of the molecule is CCC(C)(C)C(=O)OCCOC(=O)c1ccccc1-c1c2cc/c(=N\c3c(C)cccc3C)cc-2oc2cc(Nc3c(C)cccc3C)ccc12. The molecule has 6 rings (SSSR count). The van der Waals surface area contributed by atoms with E-state index in [1.54, 1.807) is 6.07 Å². The van der Waals surface area contributed by atoms with Gasteiger partial charge in [0.2, 0.25) is 0 Å². The molecule has 0 bridgehead atoms. The van der Waals surface area contributed by atoms with Crippen molar-refractivity contribution in [2.75, 3.05) is 18.5 Å². The molecule has 0 fully saturated rings. The number of nitrogens with zero attached hydrogens (tertiary/aromatic N) is 1. The summed E-state index contributed by atoms with van der Waals surface area (Å²) in [5, 5.41) is 5.18. The molecule has 1 N–H and O–H groups in total. The highest BCUT2D eigenvalue weighted by atomic mass is 16.6. The number of benzene rings is 5. The summed E-state index contributed by atoms with van der Waals surface area (Å²) in [6.07, 6.45) is 0.647. The Labute approximate surface area is 299 Å². The van der Waals surface area contributed by atoms with Crippen LogP contribution in [0, 0.1) is 33.1 Å². The van der Waals surface area contributed by atoms with Crippen LogP contribution >= 0.6 is 0 Å². The van der Waals surface area contributed by atoms with Crippen molar-refractivity contribution in [3.05, 3.63) is 130 Å². The molecular weight excluding hydrogens is 636 g/mol. The maximum absolute atomic E-state index is 13.6. The van der Waals surface area contributed by atoms with Gasteiger partial charge in [-0.3, -0.25) is 4.79 Å². The number of esters is 2. The number of rotatable bonds is 10. The Morgan fingerprint density at radius 3 is 2.12 bits per heavy atom. The average Bonchev–Trinajstić information content (AvgIpc) is 3.12. The van der Waals surface area contributed by atoms with Gasteiger partial charge in [0.15, 0.2) is 0 Å². The van der Waals surface area contributed by atoms with Crippen molar-refractivity contribution in [3.8, 4) is 22.5 Å². The van der Waals surface area contributed by atoms with Crippen molar-refractivity contribution in [2.45, 2.75) is 54.9 Å². The Kier molecular flexibility index (Phi) is 10.1. The first-order valence-corrected chi connectivity index (χ1v) is 17.4. The van der Waals surface area contributed by atoms with E-state index in [2.05, 4.69) is 57.3 Å². The van der Waals surface area contributed by atoms with E-state index in [9.17, 15) is 9.59 Å². The number of anilines is 2. The van der Waals surface area contributed by atoms with Crippen molar-refractivity contribution in [1.82, 2.24) is 0 Å². The molecule has 4 aromatic carbocycles. The maximum Gasteiger partial charge on any atom is 0.338 e. The zero-order valence-corrected chi connectivity index (χ0v) is 30.3. The summed E-state index contributed by atoms with van der Waals surface area (Å²) in [4.78, 5) is 31.1. The van der Waals surface area contributed by atoms with Gasteiger partial charge in [-0.05, 0) is 106 Å². The van der Waals surface area contributed by atoms with Gasteiger partial charge in [0.1, 0.15) is 24.6 Å². The fraction of sp³-hybridized carbons (Fsp3) is 0.250. The van der Waals surface area contributed by atoms with Gasteiger partial charge in [0.05, 0.1) is 22.0 Å². The van der Waals surface area contributed by atoms with Crippen molar-refractivity contribution >= 4 is 40.0 Å². The number of aryl methyl sites for hydroxylation is 4. The van der Waals surface area contributed by atoms with E-state index in [0.29, 0.717) is 28.9 Å². The summed E-state index contributed by atoms with van der Waals surface area (Å²) in [7, 11) is 0. The number of para-hydroxylation sites is 2. The van der Waals surface area contributed by atoms with Crippen LogP contribution < -0.4 is 10.7 Å². The molecule has 0 spiro atoms. The summed E-state index contributed by atoms with van der Waals surface area (Å²) in [6.45, 7) is 13.8. The quantitative estimate of drug-likeness (QED) is 0.0880. The number of hydrogen-bond acceptors (Lipinski definition) is 7. The van der Waals surface area contributed by atoms with Crippen LogP contribution in [0.2, 0.25) is 0 Å². The van der Waals surface area contributed by atoms with Gasteiger partial charge in [0.25, 0.3) is 0 Å². The van der Waals surface area contributed by atoms with Crippen LogP contribution in [0.3, 0.4) is 0 Å². The van der Waals surface area contributed by atoms with Gasteiger partial charge in [-0.25, -0.2) is 9.79 Å². The number of carbonyl (C=O) groups is 2. The lowest BCUT2D eigenvalue weighted by Crippen LogP contribution is -2.27. The van der Waals surface area contributed by atoms with Gasteiger partial charge in [-0.2, -0.15) is 0 Å². The number of fused-ring (bicyclic) bond motifs is 2. The van der Waals surface area contributed by atoms with Crippen LogP contribution in [0.4, 0.5) is 17.1 Å². The predicted octanol–water partition coefficient (Wildman–Crippen LogP) is 10.6. The van der Waals surface area contributed by atoms with Crippen LogP contribution in [0.25, 0.3) is 33.4 Å². The largest absolute Gasteiger partial charge is 0.462 e. The molecular formula is C44H44N2O5. The lowest BCUT2D eigenvalue weighted by molar-refractivity contribution is -0.155. The highest BCUT2D eigenvalue weighted by Crippen LogP contribution is 2.42. The third kappa shape index (κ3) is 7.43. The Morgan fingerprint density at radius 2 is 1.41 bits per heavy atom. The smallest absolute Gasteiger partial charge is 0.338 e. The molecule has 4 aromatic rings. The number of ether oxygens (including phenoxy) is 2. The zero-order valence-electron chi connectivity index (χ0n) is 30.3. The molecule has 1 aliphatic carbocycles. The summed E-state index contributed by atoms with van der Waals surface area (Å²) in [5.41, 5.74) is 10.1. The van der Waals surface area contributed by atoms with Crippen molar-refractivity contribution in [2.24, 2.45) is 10.4 Å². The standard InChI is InChI=1S/C44H44N2O5/c1-8-44(6,7)43(48)50-24-23-49-42(47)34-18-10-9-17-33(34)39-35-21-19-31(45-40-27(2)13-11-14-28(40)3)25-37(35)51-38-26-32(20-22-36(38)39)46-41-29(4)15-12-16-30(41)5/h9-22,25-26,45H,8,23-24H2,1-7H3/b46-32+. The minimum Gasteiger partial charge on any atom is -0.462 e. The maximum atomic E-state index is 13.6. The van der Waals surface area contributed by atoms with E-state index in [1.165, 1.54) is 0 Å². The second-order valence-electron chi connectivity index (χ2n) is 13.7. The molecule has 7 heteroatoms. The average molecular weight is 681 g/mol. The van der Waals surface area contributed by atoms with Crippen LogP contribution in [0.1, 0.15) is 59.8 Å². The van der Waals surface area contributed by atoms with Crippen LogP contribution in [0.15, 0.2) is 106 Å². The van der Waals surface area contributed by atoms with E-state index in [-0.39, 0.29) is 19.2 Å². The Hall–Kier alpha value is -5.69. The lowest BCUT2D eigenvalue weighted by Gasteiger charge is -2.20. The first-order valence-electron chi connectivity index (χ1n) is 17.4. The number of nitrogens with one attached hydrogen (secondary N) is 1. The van der Waals surface area contributed by atoms with E-state index >= 15 is 0 Å². The Morgan fingerprint density at radius 1 is 0.745 bits per heavy atom. The molecule has 260 valence electrons. The molecule has 0 atom stereocenters. The fourth-order valence-corrected chi connectivity index (χ4v) is 6.15. The molecule has 1 heterocycles. The fourth-order valence-electron chi connectivity index (χ4n) is 6.15. The third-order valence-electron chi connectivity index (χ3n) is 9.54. The summed E-state index contributed by atoms with van der Waals surface area (Å²) in [6, 6.07) is 31.7. The first kappa shape index (κ1) is 35.1.